The molecular formula is C10H17O3. The van der Waals surface area contributed by atoms with Crippen molar-refractivity contribution < 1.29 is 14.3 Å². The first-order chi connectivity index (χ1) is 6.20. The molecule has 0 aliphatic carbocycles. The molecule has 0 bridgehead atoms. The van der Waals surface area contributed by atoms with E-state index in [0.717, 1.165) is 25.7 Å². The van der Waals surface area contributed by atoms with Gasteiger partial charge in [-0.3, -0.25) is 9.59 Å². The highest BCUT2D eigenvalue weighted by molar-refractivity contribution is 5.65. The minimum atomic E-state index is -0.262. The van der Waals surface area contributed by atoms with Crippen molar-refractivity contribution in [3.05, 3.63) is 0 Å². The van der Waals surface area contributed by atoms with E-state index in [1.54, 1.807) is 0 Å². The van der Waals surface area contributed by atoms with Crippen molar-refractivity contribution in [1.29, 1.82) is 0 Å². The van der Waals surface area contributed by atoms with Crippen molar-refractivity contribution >= 4 is 12.3 Å². The van der Waals surface area contributed by atoms with Gasteiger partial charge in [0.05, 0.1) is 6.61 Å². The van der Waals surface area contributed by atoms with Crippen LogP contribution in [0.4, 0.5) is 0 Å². The van der Waals surface area contributed by atoms with Crippen LogP contribution in [0.15, 0.2) is 0 Å². The molecule has 0 aromatic heterocycles. The Kier molecular flexibility index (Phi) is 7.26. The molecule has 0 amide bonds. The molecule has 1 atom stereocenters. The molecule has 0 N–H and O–H groups in total. The zero-order valence-electron chi connectivity index (χ0n) is 8.34. The second-order valence-corrected chi connectivity index (χ2v) is 3.09. The van der Waals surface area contributed by atoms with Crippen LogP contribution in [-0.2, 0) is 14.3 Å². The first kappa shape index (κ1) is 12.1. The molecular weight excluding hydrogens is 168 g/mol. The highest BCUT2D eigenvalue weighted by atomic mass is 16.5. The lowest BCUT2D eigenvalue weighted by atomic mass is 10.0. The number of carbonyl (C=O) groups is 1. The van der Waals surface area contributed by atoms with Gasteiger partial charge < -0.3 is 4.74 Å². The van der Waals surface area contributed by atoms with Gasteiger partial charge in [0.1, 0.15) is 0 Å². The molecule has 0 aliphatic heterocycles. The summed E-state index contributed by atoms with van der Waals surface area (Å²) in [6, 6.07) is 0. The molecule has 3 nitrogen and oxygen atoms in total. The Hall–Kier alpha value is -0.860. The lowest BCUT2D eigenvalue weighted by Crippen LogP contribution is -2.05. The van der Waals surface area contributed by atoms with Gasteiger partial charge in [-0.1, -0.05) is 13.3 Å². The number of hydrogen-bond donors (Lipinski definition) is 0. The van der Waals surface area contributed by atoms with E-state index in [1.807, 2.05) is 13.2 Å². The number of carbonyl (C=O) groups excluding carboxylic acids is 2. The Balaban J connectivity index is 3.37. The van der Waals surface area contributed by atoms with Gasteiger partial charge in [-0.05, 0) is 19.3 Å². The molecule has 0 rings (SSSR count). The smallest absolute Gasteiger partial charge is 0.302 e. The maximum Gasteiger partial charge on any atom is 0.302 e. The Morgan fingerprint density at radius 2 is 2.15 bits per heavy atom. The molecule has 0 aliphatic rings. The van der Waals surface area contributed by atoms with Crippen molar-refractivity contribution in [3.63, 3.8) is 0 Å². The quantitative estimate of drug-likeness (QED) is 0.449. The van der Waals surface area contributed by atoms with Gasteiger partial charge in [-0.15, -0.1) is 0 Å². The fourth-order valence-corrected chi connectivity index (χ4v) is 1.16. The summed E-state index contributed by atoms with van der Waals surface area (Å²) in [6.45, 7) is 3.84. The van der Waals surface area contributed by atoms with Crippen LogP contribution in [0.25, 0.3) is 0 Å². The van der Waals surface area contributed by atoms with Gasteiger partial charge in [0.2, 0.25) is 6.29 Å². The summed E-state index contributed by atoms with van der Waals surface area (Å²) in [6.07, 6.45) is 5.39. The third-order valence-electron chi connectivity index (χ3n) is 1.81. The summed E-state index contributed by atoms with van der Waals surface area (Å²) in [5, 5.41) is 0. The van der Waals surface area contributed by atoms with Crippen LogP contribution in [0.3, 0.4) is 0 Å². The molecule has 3 heteroatoms. The predicted octanol–water partition coefficient (Wildman–Crippen LogP) is 1.86. The van der Waals surface area contributed by atoms with Crippen LogP contribution in [0, 0.1) is 5.92 Å². The van der Waals surface area contributed by atoms with Gasteiger partial charge in [0, 0.05) is 12.8 Å². The Morgan fingerprint density at radius 3 is 2.62 bits per heavy atom. The lowest BCUT2D eigenvalue weighted by Gasteiger charge is -2.07. The summed E-state index contributed by atoms with van der Waals surface area (Å²) >= 11 is 0. The van der Waals surface area contributed by atoms with Crippen LogP contribution in [0.5, 0.6) is 0 Å². The predicted molar refractivity (Wildman–Crippen MR) is 50.0 cm³/mol. The van der Waals surface area contributed by atoms with Crippen molar-refractivity contribution in [2.75, 3.05) is 6.61 Å². The van der Waals surface area contributed by atoms with Gasteiger partial charge in [-0.2, -0.15) is 0 Å². The topological polar surface area (TPSA) is 43.4 Å². The normalized spacial score (nSPS) is 12.2. The first-order valence-electron chi connectivity index (χ1n) is 4.71. The molecule has 0 saturated carbocycles. The molecule has 0 spiro atoms. The fraction of sp³-hybridized carbons (Fsp3) is 0.800. The summed E-state index contributed by atoms with van der Waals surface area (Å²) < 4.78 is 4.75. The highest BCUT2D eigenvalue weighted by Crippen LogP contribution is 2.10. The summed E-state index contributed by atoms with van der Waals surface area (Å²) in [5.74, 6) is -0.248. The minimum absolute atomic E-state index is 0.0144. The largest absolute Gasteiger partial charge is 0.466 e. The van der Waals surface area contributed by atoms with Gasteiger partial charge in [0.15, 0.2) is 0 Å². The maximum atomic E-state index is 10.4. The summed E-state index contributed by atoms with van der Waals surface area (Å²) in [4.78, 5) is 20.8. The summed E-state index contributed by atoms with van der Waals surface area (Å²) in [5.41, 5.74) is 0. The molecule has 13 heavy (non-hydrogen) atoms. The van der Waals surface area contributed by atoms with Crippen molar-refractivity contribution in [2.24, 2.45) is 5.92 Å². The van der Waals surface area contributed by atoms with Gasteiger partial charge in [-0.25, -0.2) is 0 Å². The average molecular weight is 185 g/mol. The molecule has 0 aromatic carbocycles. The number of ether oxygens (including phenoxy) is 1. The van der Waals surface area contributed by atoms with E-state index in [-0.39, 0.29) is 11.9 Å². The number of hydrogen-bond acceptors (Lipinski definition) is 3. The van der Waals surface area contributed by atoms with Crippen molar-refractivity contribution in [1.82, 2.24) is 0 Å². The Labute approximate surface area is 79.5 Å². The van der Waals surface area contributed by atoms with Crippen LogP contribution in [-0.4, -0.2) is 18.9 Å². The number of esters is 1. The van der Waals surface area contributed by atoms with Gasteiger partial charge >= 0.3 is 5.97 Å². The molecule has 75 valence electrons. The molecule has 1 radical (unpaired) electrons. The molecule has 0 heterocycles. The zero-order valence-corrected chi connectivity index (χ0v) is 8.34. The van der Waals surface area contributed by atoms with Crippen LogP contribution >= 0.6 is 0 Å². The SMILES string of the molecule is CCCC([C]=O)CCCOC(C)=O. The van der Waals surface area contributed by atoms with Crippen LogP contribution < -0.4 is 0 Å². The Morgan fingerprint density at radius 1 is 1.46 bits per heavy atom. The fourth-order valence-electron chi connectivity index (χ4n) is 1.16. The van der Waals surface area contributed by atoms with Crippen molar-refractivity contribution in [2.45, 2.75) is 39.5 Å². The lowest BCUT2D eigenvalue weighted by molar-refractivity contribution is -0.141. The van der Waals surface area contributed by atoms with Crippen LogP contribution in [0.1, 0.15) is 39.5 Å². The van der Waals surface area contributed by atoms with Gasteiger partial charge in [0.25, 0.3) is 0 Å². The number of rotatable bonds is 7. The van der Waals surface area contributed by atoms with Crippen LogP contribution in [0.2, 0.25) is 0 Å². The standard InChI is InChI=1S/C10H17O3/c1-3-5-10(8-11)6-4-7-13-9(2)12/h10H,3-7H2,1-2H3. The first-order valence-corrected chi connectivity index (χ1v) is 4.71. The average Bonchev–Trinajstić information content (AvgIpc) is 2.10. The van der Waals surface area contributed by atoms with Crippen molar-refractivity contribution in [3.8, 4) is 0 Å². The minimum Gasteiger partial charge on any atom is -0.466 e. The highest BCUT2D eigenvalue weighted by Gasteiger charge is 2.06. The maximum absolute atomic E-state index is 10.4. The van der Waals surface area contributed by atoms with E-state index < -0.39 is 0 Å². The molecule has 0 fully saturated rings. The third kappa shape index (κ3) is 7.50. The van der Waals surface area contributed by atoms with E-state index in [2.05, 4.69) is 0 Å². The summed E-state index contributed by atoms with van der Waals surface area (Å²) in [7, 11) is 0. The second kappa shape index (κ2) is 7.77. The monoisotopic (exact) mass is 185 g/mol. The Bertz CT molecular complexity index is 154. The van der Waals surface area contributed by atoms with E-state index in [1.165, 1.54) is 6.92 Å². The molecule has 0 saturated heterocycles. The van der Waals surface area contributed by atoms with E-state index in [4.69, 9.17) is 4.74 Å². The molecule has 1 unspecified atom stereocenters. The third-order valence-corrected chi connectivity index (χ3v) is 1.81. The second-order valence-electron chi connectivity index (χ2n) is 3.09. The zero-order chi connectivity index (χ0) is 10.1. The van der Waals surface area contributed by atoms with E-state index in [0.29, 0.717) is 6.61 Å². The molecule has 0 aromatic rings. The van der Waals surface area contributed by atoms with E-state index in [9.17, 15) is 9.59 Å². The van der Waals surface area contributed by atoms with E-state index >= 15 is 0 Å².